The maximum atomic E-state index is 5.73. The molecule has 0 spiro atoms. The van der Waals surface area contributed by atoms with Crippen LogP contribution in [0.5, 0.6) is 0 Å². The van der Waals surface area contributed by atoms with Crippen LogP contribution in [-0.4, -0.2) is 36.5 Å². The summed E-state index contributed by atoms with van der Waals surface area (Å²) < 4.78 is 11.0. The quantitative estimate of drug-likeness (QED) is 0.845. The molecule has 0 aliphatic carbocycles. The molecule has 0 saturated carbocycles. The first kappa shape index (κ1) is 12.2. The number of benzene rings is 1. The summed E-state index contributed by atoms with van der Waals surface area (Å²) in [5.41, 5.74) is 2.26. The molecule has 1 aromatic carbocycles. The zero-order valence-corrected chi connectivity index (χ0v) is 11.0. The Kier molecular flexibility index (Phi) is 3.46. The summed E-state index contributed by atoms with van der Waals surface area (Å²) in [4.78, 5) is 2.06. The third-order valence-electron chi connectivity index (χ3n) is 3.31. The zero-order chi connectivity index (χ0) is 13.1. The summed E-state index contributed by atoms with van der Waals surface area (Å²) in [6.07, 6.45) is 1.03. The lowest BCUT2D eigenvalue weighted by Gasteiger charge is -2.24. The molecular formula is C14H17N3O2. The molecule has 0 amide bonds. The Balaban J connectivity index is 1.79. The number of morpholine rings is 1. The van der Waals surface area contributed by atoms with Crippen LogP contribution in [0.25, 0.3) is 11.5 Å². The number of hydrogen-bond acceptors (Lipinski definition) is 5. The average Bonchev–Trinajstić information content (AvgIpc) is 2.98. The third-order valence-corrected chi connectivity index (χ3v) is 3.31. The molecular weight excluding hydrogens is 242 g/mol. The Morgan fingerprint density at radius 2 is 1.84 bits per heavy atom. The van der Waals surface area contributed by atoms with E-state index in [0.29, 0.717) is 25.1 Å². The summed E-state index contributed by atoms with van der Waals surface area (Å²) in [7, 11) is 0. The lowest BCUT2D eigenvalue weighted by atomic mass is 10.1. The summed E-state index contributed by atoms with van der Waals surface area (Å²) in [6, 6.07) is 8.81. The lowest BCUT2D eigenvalue weighted by molar-refractivity contribution is 0.120. The van der Waals surface area contributed by atoms with Crippen molar-refractivity contribution in [3.05, 3.63) is 29.8 Å². The van der Waals surface area contributed by atoms with Crippen molar-refractivity contribution in [1.29, 1.82) is 0 Å². The first-order valence-electron chi connectivity index (χ1n) is 6.62. The maximum Gasteiger partial charge on any atom is 0.318 e. The van der Waals surface area contributed by atoms with Gasteiger partial charge in [-0.2, -0.15) is 0 Å². The summed E-state index contributed by atoms with van der Waals surface area (Å²) in [6.45, 7) is 5.16. The van der Waals surface area contributed by atoms with Crippen molar-refractivity contribution >= 4 is 6.01 Å². The molecule has 0 atom stereocenters. The molecule has 5 heteroatoms. The number of rotatable bonds is 3. The molecule has 0 bridgehead atoms. The van der Waals surface area contributed by atoms with Gasteiger partial charge in [0.2, 0.25) is 5.89 Å². The van der Waals surface area contributed by atoms with Crippen LogP contribution < -0.4 is 4.90 Å². The van der Waals surface area contributed by atoms with Gasteiger partial charge in [-0.15, -0.1) is 5.10 Å². The topological polar surface area (TPSA) is 51.4 Å². The van der Waals surface area contributed by atoms with Gasteiger partial charge in [0, 0.05) is 18.7 Å². The molecule has 0 N–H and O–H groups in total. The van der Waals surface area contributed by atoms with E-state index >= 15 is 0 Å². The summed E-state index contributed by atoms with van der Waals surface area (Å²) >= 11 is 0. The van der Waals surface area contributed by atoms with E-state index < -0.39 is 0 Å². The molecule has 19 heavy (non-hydrogen) atoms. The second-order valence-electron chi connectivity index (χ2n) is 4.54. The number of nitrogens with zero attached hydrogens (tertiary/aromatic N) is 3. The largest absolute Gasteiger partial charge is 0.403 e. The van der Waals surface area contributed by atoms with E-state index in [0.717, 1.165) is 25.1 Å². The number of aryl methyl sites for hydroxylation is 1. The third kappa shape index (κ3) is 2.61. The van der Waals surface area contributed by atoms with Crippen molar-refractivity contribution in [2.24, 2.45) is 0 Å². The highest BCUT2D eigenvalue weighted by Gasteiger charge is 2.17. The van der Waals surface area contributed by atoms with Gasteiger partial charge < -0.3 is 14.1 Å². The molecule has 0 radical (unpaired) electrons. The van der Waals surface area contributed by atoms with Crippen LogP contribution in [0.3, 0.4) is 0 Å². The van der Waals surface area contributed by atoms with Crippen molar-refractivity contribution in [2.75, 3.05) is 31.2 Å². The van der Waals surface area contributed by atoms with E-state index in [4.69, 9.17) is 9.15 Å². The van der Waals surface area contributed by atoms with Crippen molar-refractivity contribution in [3.63, 3.8) is 0 Å². The molecule has 1 fully saturated rings. The normalized spacial score (nSPS) is 15.7. The van der Waals surface area contributed by atoms with Crippen LogP contribution in [0, 0.1) is 0 Å². The lowest BCUT2D eigenvalue weighted by Crippen LogP contribution is -2.36. The Bertz CT molecular complexity index is 530. The Labute approximate surface area is 112 Å². The molecule has 1 aliphatic rings. The van der Waals surface area contributed by atoms with E-state index in [1.54, 1.807) is 0 Å². The van der Waals surface area contributed by atoms with Crippen molar-refractivity contribution in [3.8, 4) is 11.5 Å². The smallest absolute Gasteiger partial charge is 0.318 e. The fourth-order valence-corrected chi connectivity index (χ4v) is 2.10. The van der Waals surface area contributed by atoms with Gasteiger partial charge in [-0.25, -0.2) is 0 Å². The molecule has 3 rings (SSSR count). The van der Waals surface area contributed by atoms with Gasteiger partial charge in [0.25, 0.3) is 0 Å². The van der Waals surface area contributed by atoms with Crippen LogP contribution in [0.15, 0.2) is 28.7 Å². The highest BCUT2D eigenvalue weighted by Crippen LogP contribution is 2.22. The number of ether oxygens (including phenoxy) is 1. The Morgan fingerprint density at radius 1 is 1.11 bits per heavy atom. The van der Waals surface area contributed by atoms with Crippen LogP contribution >= 0.6 is 0 Å². The van der Waals surface area contributed by atoms with E-state index in [-0.39, 0.29) is 0 Å². The van der Waals surface area contributed by atoms with Crippen LogP contribution in [0.2, 0.25) is 0 Å². The Hall–Kier alpha value is -1.88. The number of hydrogen-bond donors (Lipinski definition) is 0. The first-order chi connectivity index (χ1) is 9.36. The number of aromatic nitrogens is 2. The second-order valence-corrected chi connectivity index (χ2v) is 4.54. The molecule has 5 nitrogen and oxygen atoms in total. The fourth-order valence-electron chi connectivity index (χ4n) is 2.10. The predicted molar refractivity (Wildman–Crippen MR) is 72.1 cm³/mol. The van der Waals surface area contributed by atoms with E-state index in [1.807, 2.05) is 12.1 Å². The fraction of sp³-hybridized carbons (Fsp3) is 0.429. The molecule has 1 aliphatic heterocycles. The molecule has 1 aromatic heterocycles. The molecule has 100 valence electrons. The average molecular weight is 259 g/mol. The summed E-state index contributed by atoms with van der Waals surface area (Å²) in [5.74, 6) is 0.573. The van der Waals surface area contributed by atoms with Crippen molar-refractivity contribution in [2.45, 2.75) is 13.3 Å². The Morgan fingerprint density at radius 3 is 2.53 bits per heavy atom. The second kappa shape index (κ2) is 5.40. The highest BCUT2D eigenvalue weighted by molar-refractivity contribution is 5.54. The monoisotopic (exact) mass is 259 g/mol. The molecule has 2 heterocycles. The van der Waals surface area contributed by atoms with Gasteiger partial charge in [-0.1, -0.05) is 24.2 Å². The first-order valence-corrected chi connectivity index (χ1v) is 6.62. The van der Waals surface area contributed by atoms with Crippen molar-refractivity contribution < 1.29 is 9.15 Å². The number of anilines is 1. The van der Waals surface area contributed by atoms with Gasteiger partial charge in [0.15, 0.2) is 0 Å². The van der Waals surface area contributed by atoms with Crippen LogP contribution in [0.4, 0.5) is 6.01 Å². The van der Waals surface area contributed by atoms with Gasteiger partial charge in [-0.3, -0.25) is 0 Å². The van der Waals surface area contributed by atoms with E-state index in [1.165, 1.54) is 5.56 Å². The molecule has 1 saturated heterocycles. The molecule has 2 aromatic rings. The zero-order valence-electron chi connectivity index (χ0n) is 11.0. The minimum absolute atomic E-state index is 0.573. The minimum atomic E-state index is 0.573. The van der Waals surface area contributed by atoms with Gasteiger partial charge in [0.05, 0.1) is 13.2 Å². The van der Waals surface area contributed by atoms with Gasteiger partial charge in [0.1, 0.15) is 0 Å². The van der Waals surface area contributed by atoms with Gasteiger partial charge >= 0.3 is 6.01 Å². The minimum Gasteiger partial charge on any atom is -0.403 e. The van der Waals surface area contributed by atoms with E-state index in [2.05, 4.69) is 34.2 Å². The maximum absolute atomic E-state index is 5.73. The standard InChI is InChI=1S/C14H17N3O2/c1-2-11-3-5-12(6-4-11)13-15-16-14(19-13)17-7-9-18-10-8-17/h3-6H,2,7-10H2,1H3. The van der Waals surface area contributed by atoms with Crippen LogP contribution in [0.1, 0.15) is 12.5 Å². The summed E-state index contributed by atoms with van der Waals surface area (Å²) in [5, 5.41) is 8.23. The van der Waals surface area contributed by atoms with Crippen molar-refractivity contribution in [1.82, 2.24) is 10.2 Å². The predicted octanol–water partition coefficient (Wildman–Crippen LogP) is 2.14. The van der Waals surface area contributed by atoms with Gasteiger partial charge in [-0.05, 0) is 24.1 Å². The highest BCUT2D eigenvalue weighted by atomic mass is 16.5. The van der Waals surface area contributed by atoms with E-state index in [9.17, 15) is 0 Å². The SMILES string of the molecule is CCc1ccc(-c2nnc(N3CCOCC3)o2)cc1. The molecule has 0 unspecified atom stereocenters. The van der Waals surface area contributed by atoms with Crippen LogP contribution in [-0.2, 0) is 11.2 Å².